The number of aliphatic carboxylic acids is 1. The molecule has 1 aliphatic heterocycles. The molecule has 0 amide bonds. The molecule has 0 saturated heterocycles. The minimum Gasteiger partial charge on any atom is -0.481 e. The van der Waals surface area contributed by atoms with Crippen LogP contribution < -0.4 is 4.90 Å². The van der Waals surface area contributed by atoms with Gasteiger partial charge in [-0.05, 0) is 17.2 Å². The lowest BCUT2D eigenvalue weighted by Crippen LogP contribution is -2.37. The van der Waals surface area contributed by atoms with Gasteiger partial charge in [-0.3, -0.25) is 4.79 Å². The first-order valence-corrected chi connectivity index (χ1v) is 6.08. The summed E-state index contributed by atoms with van der Waals surface area (Å²) in [5.74, 6) is -0.773. The van der Waals surface area contributed by atoms with Crippen LogP contribution in [0.1, 0.15) is 17.0 Å². The summed E-state index contributed by atoms with van der Waals surface area (Å²) in [6.07, 6.45) is 3.33. The number of carbonyl (C=O) groups is 1. The fourth-order valence-electron chi connectivity index (χ4n) is 2.43. The van der Waals surface area contributed by atoms with Crippen LogP contribution in [0.4, 0.5) is 5.95 Å². The SMILES string of the molecule is O=C(O)C1CN(c2ncccn2)Cc2ccccc21. The van der Waals surface area contributed by atoms with Gasteiger partial charge in [0.1, 0.15) is 0 Å². The molecule has 0 bridgehead atoms. The number of carboxylic acid groups (broad SMARTS) is 1. The highest BCUT2D eigenvalue weighted by Crippen LogP contribution is 2.29. The molecule has 0 spiro atoms. The van der Waals surface area contributed by atoms with Crippen molar-refractivity contribution in [2.45, 2.75) is 12.5 Å². The molecule has 1 N–H and O–H groups in total. The van der Waals surface area contributed by atoms with Crippen LogP contribution in [0, 0.1) is 0 Å². The van der Waals surface area contributed by atoms with E-state index in [0.29, 0.717) is 19.0 Å². The number of rotatable bonds is 2. The van der Waals surface area contributed by atoms with Crippen LogP contribution in [0.15, 0.2) is 42.7 Å². The van der Waals surface area contributed by atoms with Crippen LogP contribution in [0.3, 0.4) is 0 Å². The van der Waals surface area contributed by atoms with Gasteiger partial charge in [-0.1, -0.05) is 24.3 Å². The van der Waals surface area contributed by atoms with Crippen molar-refractivity contribution in [3.8, 4) is 0 Å². The number of fused-ring (bicyclic) bond motifs is 1. The molecule has 2 aromatic rings. The van der Waals surface area contributed by atoms with Crippen molar-refractivity contribution in [1.82, 2.24) is 9.97 Å². The van der Waals surface area contributed by atoms with Gasteiger partial charge in [-0.2, -0.15) is 0 Å². The summed E-state index contributed by atoms with van der Waals surface area (Å²) >= 11 is 0. The summed E-state index contributed by atoms with van der Waals surface area (Å²) in [6, 6.07) is 9.39. The van der Waals surface area contributed by atoms with E-state index in [1.54, 1.807) is 18.5 Å². The van der Waals surface area contributed by atoms with Gasteiger partial charge in [0.05, 0.1) is 5.92 Å². The Morgan fingerprint density at radius 2 is 1.95 bits per heavy atom. The summed E-state index contributed by atoms with van der Waals surface area (Å²) in [7, 11) is 0. The summed E-state index contributed by atoms with van der Waals surface area (Å²) < 4.78 is 0. The summed E-state index contributed by atoms with van der Waals surface area (Å²) in [5, 5.41) is 9.38. The zero-order valence-electron chi connectivity index (χ0n) is 10.2. The van der Waals surface area contributed by atoms with Gasteiger partial charge < -0.3 is 10.0 Å². The highest BCUT2D eigenvalue weighted by Gasteiger charge is 2.31. The average molecular weight is 255 g/mol. The molecule has 5 heteroatoms. The Morgan fingerprint density at radius 3 is 2.68 bits per heavy atom. The lowest BCUT2D eigenvalue weighted by molar-refractivity contribution is -0.138. The maximum atomic E-state index is 11.4. The van der Waals surface area contributed by atoms with Gasteiger partial charge in [0.15, 0.2) is 0 Å². The molecule has 1 aromatic heterocycles. The number of aromatic nitrogens is 2. The van der Waals surface area contributed by atoms with Crippen LogP contribution in [-0.4, -0.2) is 27.6 Å². The van der Waals surface area contributed by atoms with E-state index in [9.17, 15) is 9.90 Å². The second-order valence-electron chi connectivity index (χ2n) is 4.52. The third-order valence-corrected chi connectivity index (χ3v) is 3.33. The molecule has 0 radical (unpaired) electrons. The maximum Gasteiger partial charge on any atom is 0.312 e. The summed E-state index contributed by atoms with van der Waals surface area (Å²) in [5.41, 5.74) is 1.91. The molecule has 3 rings (SSSR count). The average Bonchev–Trinajstić information content (AvgIpc) is 2.47. The molecular weight excluding hydrogens is 242 g/mol. The molecule has 0 aliphatic carbocycles. The molecule has 1 unspecified atom stereocenters. The minimum absolute atomic E-state index is 0.399. The number of anilines is 1. The highest BCUT2D eigenvalue weighted by molar-refractivity contribution is 5.78. The van der Waals surface area contributed by atoms with E-state index < -0.39 is 11.9 Å². The lowest BCUT2D eigenvalue weighted by atomic mass is 9.90. The van der Waals surface area contributed by atoms with Crippen LogP contribution in [-0.2, 0) is 11.3 Å². The van der Waals surface area contributed by atoms with Crippen molar-refractivity contribution < 1.29 is 9.90 Å². The van der Waals surface area contributed by atoms with Gasteiger partial charge >= 0.3 is 5.97 Å². The number of nitrogens with zero attached hydrogens (tertiary/aromatic N) is 3. The number of benzene rings is 1. The van der Waals surface area contributed by atoms with E-state index in [4.69, 9.17) is 0 Å². The van der Waals surface area contributed by atoms with Gasteiger partial charge in [0.25, 0.3) is 0 Å². The molecule has 5 nitrogen and oxygen atoms in total. The van der Waals surface area contributed by atoms with Gasteiger partial charge in [0, 0.05) is 25.5 Å². The number of hydrogen-bond donors (Lipinski definition) is 1. The number of hydrogen-bond acceptors (Lipinski definition) is 4. The van der Waals surface area contributed by atoms with Crippen LogP contribution in [0.2, 0.25) is 0 Å². The number of carboxylic acids is 1. The summed E-state index contributed by atoms with van der Waals surface area (Å²) in [4.78, 5) is 21.7. The Morgan fingerprint density at radius 1 is 1.21 bits per heavy atom. The molecule has 1 atom stereocenters. The van der Waals surface area contributed by atoms with Crippen molar-refractivity contribution in [3.63, 3.8) is 0 Å². The van der Waals surface area contributed by atoms with Crippen molar-refractivity contribution in [2.75, 3.05) is 11.4 Å². The fourth-order valence-corrected chi connectivity index (χ4v) is 2.43. The first-order valence-electron chi connectivity index (χ1n) is 6.08. The Kier molecular flexibility index (Phi) is 2.87. The van der Waals surface area contributed by atoms with Gasteiger partial charge in [-0.25, -0.2) is 9.97 Å². The fraction of sp³-hybridized carbons (Fsp3) is 0.214. The van der Waals surface area contributed by atoms with Crippen LogP contribution in [0.25, 0.3) is 0 Å². The van der Waals surface area contributed by atoms with E-state index in [-0.39, 0.29) is 0 Å². The molecule has 0 saturated carbocycles. The van der Waals surface area contributed by atoms with E-state index in [0.717, 1.165) is 11.1 Å². The van der Waals surface area contributed by atoms with Crippen LogP contribution in [0.5, 0.6) is 0 Å². The maximum absolute atomic E-state index is 11.4. The highest BCUT2D eigenvalue weighted by atomic mass is 16.4. The third-order valence-electron chi connectivity index (χ3n) is 3.33. The Bertz CT molecular complexity index is 601. The first kappa shape index (κ1) is 11.6. The third kappa shape index (κ3) is 2.14. The van der Waals surface area contributed by atoms with Crippen molar-refractivity contribution in [2.24, 2.45) is 0 Å². The monoisotopic (exact) mass is 255 g/mol. The van der Waals surface area contributed by atoms with Crippen molar-refractivity contribution in [3.05, 3.63) is 53.9 Å². The van der Waals surface area contributed by atoms with Crippen molar-refractivity contribution >= 4 is 11.9 Å². The second kappa shape index (κ2) is 4.68. The van der Waals surface area contributed by atoms with E-state index in [1.807, 2.05) is 29.2 Å². The molecule has 0 fully saturated rings. The molecule has 96 valence electrons. The minimum atomic E-state index is -0.812. The van der Waals surface area contributed by atoms with Gasteiger partial charge in [-0.15, -0.1) is 0 Å². The topological polar surface area (TPSA) is 66.3 Å². The Balaban J connectivity index is 1.99. The molecule has 19 heavy (non-hydrogen) atoms. The van der Waals surface area contributed by atoms with Crippen molar-refractivity contribution in [1.29, 1.82) is 0 Å². The van der Waals surface area contributed by atoms with E-state index in [2.05, 4.69) is 9.97 Å². The Labute approximate surface area is 110 Å². The predicted octanol–water partition coefficient (Wildman–Crippen LogP) is 1.66. The van der Waals surface area contributed by atoms with Gasteiger partial charge in [0.2, 0.25) is 5.95 Å². The second-order valence-corrected chi connectivity index (χ2v) is 4.52. The predicted molar refractivity (Wildman–Crippen MR) is 69.9 cm³/mol. The molecule has 1 aliphatic rings. The lowest BCUT2D eigenvalue weighted by Gasteiger charge is -2.32. The molecular formula is C14H13N3O2. The zero-order valence-corrected chi connectivity index (χ0v) is 10.2. The molecule has 2 heterocycles. The standard InChI is InChI=1S/C14H13N3O2/c18-13(19)12-9-17(14-15-6-3-7-16-14)8-10-4-1-2-5-11(10)12/h1-7,12H,8-9H2,(H,18,19). The van der Waals surface area contributed by atoms with Crippen LogP contribution >= 0.6 is 0 Å². The Hall–Kier alpha value is -2.43. The normalized spacial score (nSPS) is 17.9. The smallest absolute Gasteiger partial charge is 0.312 e. The van der Waals surface area contributed by atoms with E-state index in [1.165, 1.54) is 0 Å². The zero-order chi connectivity index (χ0) is 13.2. The molecule has 1 aromatic carbocycles. The summed E-state index contributed by atoms with van der Waals surface area (Å²) in [6.45, 7) is 1.04. The first-order chi connectivity index (χ1) is 9.25. The largest absolute Gasteiger partial charge is 0.481 e. The quantitative estimate of drug-likeness (QED) is 0.884. The van der Waals surface area contributed by atoms with E-state index >= 15 is 0 Å².